The first-order valence-electron chi connectivity index (χ1n) is 9.02. The summed E-state index contributed by atoms with van der Waals surface area (Å²) in [5.41, 5.74) is 5.58. The van der Waals surface area contributed by atoms with Crippen molar-refractivity contribution in [1.82, 2.24) is 9.80 Å². The topological polar surface area (TPSA) is 68.0 Å². The van der Waals surface area contributed by atoms with Gasteiger partial charge in [-0.1, -0.05) is 18.2 Å². The molecule has 2 heterocycles. The number of piperidine rings is 1. The number of carbonyl (C=O) groups excluding carboxylic acids is 1. The fourth-order valence-corrected chi connectivity index (χ4v) is 3.61. The molecule has 1 spiro atoms. The number of ether oxygens (including phenoxy) is 2. The van der Waals surface area contributed by atoms with Crippen molar-refractivity contribution in [2.75, 3.05) is 39.3 Å². The zero-order valence-electron chi connectivity index (χ0n) is 16.1. The maximum Gasteiger partial charge on any atom is 0.410 e. The number of carbonyl (C=O) groups is 1. The Morgan fingerprint density at radius 1 is 1.19 bits per heavy atom. The number of halogens is 2. The number of likely N-dealkylation sites (tertiary alicyclic amines) is 1. The van der Waals surface area contributed by atoms with Crippen LogP contribution in [0.3, 0.4) is 0 Å². The van der Waals surface area contributed by atoms with Crippen molar-refractivity contribution in [3.63, 3.8) is 0 Å². The van der Waals surface area contributed by atoms with Crippen LogP contribution in [0.25, 0.3) is 0 Å². The van der Waals surface area contributed by atoms with Crippen LogP contribution in [0.15, 0.2) is 30.3 Å². The van der Waals surface area contributed by atoms with Gasteiger partial charge < -0.3 is 25.0 Å². The summed E-state index contributed by atoms with van der Waals surface area (Å²) in [6.45, 7) is 8.47. The van der Waals surface area contributed by atoms with Gasteiger partial charge in [-0.15, -0.1) is 24.8 Å². The average Bonchev–Trinajstić information content (AvgIpc) is 2.86. The molecule has 2 fully saturated rings. The SMILES string of the molecule is CC(C)(N)CN1CCC2(CC1)CN(CCOc1ccccc1)C(=O)O2.Cl.Cl. The summed E-state index contributed by atoms with van der Waals surface area (Å²) in [5.74, 6) is 0.822. The first-order chi connectivity index (χ1) is 11.9. The molecule has 0 aliphatic carbocycles. The second-order valence-electron chi connectivity index (χ2n) is 7.90. The summed E-state index contributed by atoms with van der Waals surface area (Å²) < 4.78 is 11.4. The summed E-state index contributed by atoms with van der Waals surface area (Å²) in [4.78, 5) is 16.3. The third-order valence-electron chi connectivity index (χ3n) is 4.81. The van der Waals surface area contributed by atoms with E-state index < -0.39 is 0 Å². The molecule has 154 valence electrons. The van der Waals surface area contributed by atoms with Gasteiger partial charge in [0, 0.05) is 38.0 Å². The van der Waals surface area contributed by atoms with E-state index in [0.717, 1.165) is 38.2 Å². The smallest absolute Gasteiger partial charge is 0.410 e. The second-order valence-corrected chi connectivity index (χ2v) is 7.90. The van der Waals surface area contributed by atoms with Crippen LogP contribution < -0.4 is 10.5 Å². The third kappa shape index (κ3) is 6.71. The monoisotopic (exact) mass is 419 g/mol. The maximum absolute atomic E-state index is 12.2. The summed E-state index contributed by atoms with van der Waals surface area (Å²) in [7, 11) is 0. The molecule has 8 heteroatoms. The van der Waals surface area contributed by atoms with Crippen LogP contribution in [0.2, 0.25) is 0 Å². The van der Waals surface area contributed by atoms with E-state index in [2.05, 4.69) is 4.90 Å². The molecule has 0 saturated carbocycles. The quantitative estimate of drug-likeness (QED) is 0.767. The highest BCUT2D eigenvalue weighted by Gasteiger charge is 2.46. The van der Waals surface area contributed by atoms with E-state index in [-0.39, 0.29) is 42.0 Å². The fourth-order valence-electron chi connectivity index (χ4n) is 3.61. The van der Waals surface area contributed by atoms with E-state index in [4.69, 9.17) is 15.2 Å². The number of hydrogen-bond acceptors (Lipinski definition) is 5. The van der Waals surface area contributed by atoms with Crippen LogP contribution in [0.4, 0.5) is 4.79 Å². The normalized spacial score (nSPS) is 19.2. The minimum atomic E-state index is -0.334. The lowest BCUT2D eigenvalue weighted by Crippen LogP contribution is -2.52. The van der Waals surface area contributed by atoms with E-state index in [1.165, 1.54) is 0 Å². The van der Waals surface area contributed by atoms with Gasteiger partial charge in [-0.3, -0.25) is 0 Å². The van der Waals surface area contributed by atoms with Crippen molar-refractivity contribution in [3.8, 4) is 5.75 Å². The van der Waals surface area contributed by atoms with E-state index in [0.29, 0.717) is 19.7 Å². The van der Waals surface area contributed by atoms with Crippen molar-refractivity contribution in [2.24, 2.45) is 5.73 Å². The van der Waals surface area contributed by atoms with Crippen molar-refractivity contribution < 1.29 is 14.3 Å². The van der Waals surface area contributed by atoms with Crippen molar-refractivity contribution in [3.05, 3.63) is 30.3 Å². The lowest BCUT2D eigenvalue weighted by atomic mass is 9.90. The van der Waals surface area contributed by atoms with Gasteiger partial charge in [-0.05, 0) is 26.0 Å². The minimum absolute atomic E-state index is 0. The molecule has 0 aromatic heterocycles. The summed E-state index contributed by atoms with van der Waals surface area (Å²) in [6.07, 6.45) is 1.51. The standard InChI is InChI=1S/C19H29N3O3.2ClH/c1-18(2,20)14-21-10-8-19(9-11-21)15-22(17(23)25-19)12-13-24-16-6-4-3-5-7-16;;/h3-7H,8-15,20H2,1-2H3;2*1H. The van der Waals surface area contributed by atoms with Crippen LogP contribution in [-0.4, -0.2) is 66.4 Å². The Labute approximate surface area is 174 Å². The van der Waals surface area contributed by atoms with Gasteiger partial charge >= 0.3 is 6.09 Å². The van der Waals surface area contributed by atoms with Crippen LogP contribution >= 0.6 is 24.8 Å². The van der Waals surface area contributed by atoms with E-state index in [1.54, 1.807) is 4.90 Å². The highest BCUT2D eigenvalue weighted by molar-refractivity contribution is 5.85. The van der Waals surface area contributed by atoms with Crippen molar-refractivity contribution in [2.45, 2.75) is 37.8 Å². The lowest BCUT2D eigenvalue weighted by Gasteiger charge is -2.39. The Morgan fingerprint density at radius 2 is 1.81 bits per heavy atom. The molecule has 0 unspecified atom stereocenters. The molecule has 0 bridgehead atoms. The molecular formula is C19H31Cl2N3O3. The first-order valence-corrected chi connectivity index (χ1v) is 9.02. The molecule has 0 atom stereocenters. The zero-order chi connectivity index (χ0) is 17.9. The highest BCUT2D eigenvalue weighted by atomic mass is 35.5. The van der Waals surface area contributed by atoms with Gasteiger partial charge in [0.2, 0.25) is 0 Å². The zero-order valence-corrected chi connectivity index (χ0v) is 17.7. The van der Waals surface area contributed by atoms with Gasteiger partial charge in [0.25, 0.3) is 0 Å². The van der Waals surface area contributed by atoms with E-state index in [9.17, 15) is 4.79 Å². The maximum atomic E-state index is 12.2. The molecule has 27 heavy (non-hydrogen) atoms. The first kappa shape index (κ1) is 23.8. The van der Waals surface area contributed by atoms with Gasteiger partial charge in [0.05, 0.1) is 13.1 Å². The molecule has 6 nitrogen and oxygen atoms in total. The molecule has 2 aliphatic rings. The van der Waals surface area contributed by atoms with Gasteiger partial charge in [0.1, 0.15) is 18.0 Å². The second kappa shape index (κ2) is 9.82. The van der Waals surface area contributed by atoms with Crippen LogP contribution in [0.1, 0.15) is 26.7 Å². The van der Waals surface area contributed by atoms with Crippen LogP contribution in [-0.2, 0) is 4.74 Å². The van der Waals surface area contributed by atoms with Gasteiger partial charge in [0.15, 0.2) is 0 Å². The highest BCUT2D eigenvalue weighted by Crippen LogP contribution is 2.33. The van der Waals surface area contributed by atoms with Crippen molar-refractivity contribution >= 4 is 30.9 Å². The lowest BCUT2D eigenvalue weighted by molar-refractivity contribution is -0.00292. The molecule has 1 amide bonds. The van der Waals surface area contributed by atoms with E-state index in [1.807, 2.05) is 44.2 Å². The van der Waals surface area contributed by atoms with Crippen molar-refractivity contribution in [1.29, 1.82) is 0 Å². The number of rotatable bonds is 6. The number of benzene rings is 1. The molecule has 2 aliphatic heterocycles. The molecule has 0 radical (unpaired) electrons. The number of hydrogen-bond donors (Lipinski definition) is 1. The molecule has 1 aromatic rings. The predicted octanol–water partition coefficient (Wildman–Crippen LogP) is 2.93. The summed E-state index contributed by atoms with van der Waals surface area (Å²) in [6, 6.07) is 9.65. The van der Waals surface area contributed by atoms with Gasteiger partial charge in [-0.25, -0.2) is 4.79 Å². The number of para-hydroxylation sites is 1. The summed E-state index contributed by atoms with van der Waals surface area (Å²) >= 11 is 0. The van der Waals surface area contributed by atoms with Crippen LogP contribution in [0.5, 0.6) is 5.75 Å². The number of nitrogens with zero attached hydrogens (tertiary/aromatic N) is 2. The molecular weight excluding hydrogens is 389 g/mol. The Morgan fingerprint density at radius 3 is 2.41 bits per heavy atom. The third-order valence-corrected chi connectivity index (χ3v) is 4.81. The molecule has 2 N–H and O–H groups in total. The average molecular weight is 420 g/mol. The fraction of sp³-hybridized carbons (Fsp3) is 0.632. The number of amides is 1. The number of nitrogens with two attached hydrogens (primary N) is 1. The Balaban J connectivity index is 0.00000182. The molecule has 2 saturated heterocycles. The molecule has 1 aromatic carbocycles. The van der Waals surface area contributed by atoms with Crippen LogP contribution in [0, 0.1) is 0 Å². The molecule has 3 rings (SSSR count). The van der Waals surface area contributed by atoms with Gasteiger partial charge in [-0.2, -0.15) is 0 Å². The van der Waals surface area contributed by atoms with E-state index >= 15 is 0 Å². The minimum Gasteiger partial charge on any atom is -0.492 e. The Hall–Kier alpha value is -1.21. The largest absolute Gasteiger partial charge is 0.492 e. The summed E-state index contributed by atoms with van der Waals surface area (Å²) in [5, 5.41) is 0. The Bertz CT molecular complexity index is 588. The Kier molecular flexibility index (Phi) is 8.67. The predicted molar refractivity (Wildman–Crippen MR) is 111 cm³/mol.